The van der Waals surface area contributed by atoms with Gasteiger partial charge in [0.15, 0.2) is 5.69 Å². The molecule has 182 valence electrons. The molecule has 0 unspecified atom stereocenters. The Morgan fingerprint density at radius 1 is 0.771 bits per heavy atom. The van der Waals surface area contributed by atoms with Gasteiger partial charge < -0.3 is 0 Å². The number of nitrogens with zero attached hydrogens (tertiary/aromatic N) is 2. The number of nitrogens with two attached hydrogens (primary N) is 1. The molecular weight excluding hydrogens is 496 g/mol. The van der Waals surface area contributed by atoms with E-state index < -0.39 is 45.0 Å². The fourth-order valence-corrected chi connectivity index (χ4v) is 4.06. The number of primary sulfonamides is 1. The largest absolute Gasteiger partial charge is 0.434 e. The second kappa shape index (κ2) is 8.54. The number of hydrogen-bond acceptors (Lipinski definition) is 3. The zero-order valence-corrected chi connectivity index (χ0v) is 18.3. The maximum Gasteiger partial charge on any atom is 0.434 e. The van der Waals surface area contributed by atoms with Gasteiger partial charge in [-0.25, -0.2) is 18.5 Å². The SMILES string of the molecule is NS(=O)(=O)c1cccc(-c2ccc(-n3cc(C(F)(F)F)nc3-c3ccccc3C(F)(F)F)cc2)c1. The summed E-state index contributed by atoms with van der Waals surface area (Å²) in [6, 6.07) is 15.7. The molecule has 0 aliphatic rings. The standard InChI is InChI=1S/C23H15F6N3O2S/c24-22(25,26)19-7-2-1-6-18(19)21-31-20(23(27,28)29)13-32(21)16-10-8-14(9-11-16)15-4-3-5-17(12-15)35(30,33)34/h1-13H,(H2,30,33,34). The number of halogens is 6. The highest BCUT2D eigenvalue weighted by Gasteiger charge is 2.38. The molecule has 4 aromatic rings. The molecular formula is C23H15F6N3O2S. The predicted octanol–water partition coefficient (Wildman–Crippen LogP) is 5.89. The van der Waals surface area contributed by atoms with Crippen LogP contribution in [0.25, 0.3) is 28.2 Å². The smallest absolute Gasteiger partial charge is 0.299 e. The van der Waals surface area contributed by atoms with E-state index in [0.717, 1.165) is 22.8 Å². The fourth-order valence-electron chi connectivity index (χ4n) is 3.50. The van der Waals surface area contributed by atoms with Crippen LogP contribution < -0.4 is 5.14 Å². The highest BCUT2D eigenvalue weighted by molar-refractivity contribution is 7.89. The lowest BCUT2D eigenvalue weighted by Crippen LogP contribution is -2.11. The van der Waals surface area contributed by atoms with Gasteiger partial charge in [-0.15, -0.1) is 0 Å². The predicted molar refractivity (Wildman–Crippen MR) is 116 cm³/mol. The number of benzene rings is 3. The van der Waals surface area contributed by atoms with Crippen LogP contribution in [0.4, 0.5) is 26.3 Å². The van der Waals surface area contributed by atoms with Gasteiger partial charge in [0, 0.05) is 17.4 Å². The normalized spacial score (nSPS) is 12.7. The van der Waals surface area contributed by atoms with E-state index in [1.54, 1.807) is 6.07 Å². The van der Waals surface area contributed by atoms with Crippen LogP contribution >= 0.6 is 0 Å². The number of hydrogen-bond donors (Lipinski definition) is 1. The minimum atomic E-state index is -4.89. The molecule has 0 radical (unpaired) electrons. The number of alkyl halides is 6. The Kier molecular flexibility index (Phi) is 5.97. The topological polar surface area (TPSA) is 78.0 Å². The first-order valence-electron chi connectivity index (χ1n) is 9.82. The Balaban J connectivity index is 1.84. The van der Waals surface area contributed by atoms with Gasteiger partial charge in [-0.2, -0.15) is 26.3 Å². The van der Waals surface area contributed by atoms with Crippen LogP contribution in [-0.2, 0) is 22.4 Å². The second-order valence-corrected chi connectivity index (χ2v) is 9.04. The summed E-state index contributed by atoms with van der Waals surface area (Å²) in [5, 5.41) is 5.15. The van der Waals surface area contributed by atoms with E-state index in [-0.39, 0.29) is 10.6 Å². The monoisotopic (exact) mass is 511 g/mol. The van der Waals surface area contributed by atoms with Crippen molar-refractivity contribution in [2.45, 2.75) is 17.2 Å². The van der Waals surface area contributed by atoms with E-state index in [1.807, 2.05) is 0 Å². The summed E-state index contributed by atoms with van der Waals surface area (Å²) in [4.78, 5) is 3.35. The Morgan fingerprint density at radius 2 is 1.43 bits per heavy atom. The van der Waals surface area contributed by atoms with Crippen molar-refractivity contribution in [3.8, 4) is 28.2 Å². The van der Waals surface area contributed by atoms with Crippen molar-refractivity contribution in [3.05, 3.63) is 90.3 Å². The van der Waals surface area contributed by atoms with Crippen molar-refractivity contribution in [3.63, 3.8) is 0 Å². The quantitative estimate of drug-likeness (QED) is 0.347. The lowest BCUT2D eigenvalue weighted by molar-refractivity contribution is -0.140. The van der Waals surface area contributed by atoms with E-state index >= 15 is 0 Å². The molecule has 0 saturated carbocycles. The van der Waals surface area contributed by atoms with Crippen molar-refractivity contribution in [1.82, 2.24) is 9.55 Å². The van der Waals surface area contributed by atoms with Gasteiger partial charge in [0.25, 0.3) is 0 Å². The average Bonchev–Trinajstić information content (AvgIpc) is 3.24. The molecule has 3 aromatic carbocycles. The van der Waals surface area contributed by atoms with Crippen LogP contribution in [0.15, 0.2) is 83.9 Å². The van der Waals surface area contributed by atoms with E-state index in [2.05, 4.69) is 4.98 Å². The molecule has 2 N–H and O–H groups in total. The molecule has 1 aromatic heterocycles. The van der Waals surface area contributed by atoms with Crippen molar-refractivity contribution >= 4 is 10.0 Å². The Hall–Kier alpha value is -3.64. The molecule has 0 amide bonds. The third kappa shape index (κ3) is 5.08. The van der Waals surface area contributed by atoms with Crippen LogP contribution in [0.2, 0.25) is 0 Å². The van der Waals surface area contributed by atoms with Crippen LogP contribution in [0, 0.1) is 0 Å². The highest BCUT2D eigenvalue weighted by atomic mass is 32.2. The van der Waals surface area contributed by atoms with Crippen LogP contribution in [0.3, 0.4) is 0 Å². The lowest BCUT2D eigenvalue weighted by Gasteiger charge is -2.14. The Morgan fingerprint density at radius 3 is 2.03 bits per heavy atom. The zero-order chi connectivity index (χ0) is 25.6. The van der Waals surface area contributed by atoms with E-state index in [1.165, 1.54) is 48.5 Å². The van der Waals surface area contributed by atoms with Gasteiger partial charge >= 0.3 is 12.4 Å². The Labute approximate surface area is 195 Å². The summed E-state index contributed by atoms with van der Waals surface area (Å²) in [5.74, 6) is -0.533. The van der Waals surface area contributed by atoms with Crippen LogP contribution in [0.5, 0.6) is 0 Å². The number of rotatable bonds is 4. The minimum absolute atomic E-state index is 0.117. The minimum Gasteiger partial charge on any atom is -0.299 e. The maximum atomic E-state index is 13.6. The van der Waals surface area contributed by atoms with E-state index in [9.17, 15) is 34.8 Å². The second-order valence-electron chi connectivity index (χ2n) is 7.48. The Bertz CT molecular complexity index is 1490. The summed E-state index contributed by atoms with van der Waals surface area (Å²) in [6.45, 7) is 0. The first-order valence-corrected chi connectivity index (χ1v) is 11.4. The number of imidazole rings is 1. The first kappa shape index (κ1) is 24.5. The van der Waals surface area contributed by atoms with Gasteiger partial charge in [-0.3, -0.25) is 4.57 Å². The van der Waals surface area contributed by atoms with Gasteiger partial charge in [-0.1, -0.05) is 42.5 Å². The van der Waals surface area contributed by atoms with E-state index in [0.29, 0.717) is 17.3 Å². The molecule has 4 rings (SSSR count). The molecule has 0 atom stereocenters. The van der Waals surface area contributed by atoms with Gasteiger partial charge in [0.1, 0.15) is 5.82 Å². The molecule has 1 heterocycles. The lowest BCUT2D eigenvalue weighted by atomic mass is 10.0. The summed E-state index contributed by atoms with van der Waals surface area (Å²) in [7, 11) is -3.96. The summed E-state index contributed by atoms with van der Waals surface area (Å²) < 4.78 is 105. The molecule has 0 aliphatic carbocycles. The summed E-state index contributed by atoms with van der Waals surface area (Å²) in [6.07, 6.45) is -9.08. The molecule has 12 heteroatoms. The van der Waals surface area contributed by atoms with Crippen LogP contribution in [0.1, 0.15) is 11.3 Å². The van der Waals surface area contributed by atoms with Crippen molar-refractivity contribution < 1.29 is 34.8 Å². The van der Waals surface area contributed by atoms with Crippen molar-refractivity contribution in [2.75, 3.05) is 0 Å². The maximum absolute atomic E-state index is 13.6. The molecule has 0 spiro atoms. The van der Waals surface area contributed by atoms with Gasteiger partial charge in [0.05, 0.1) is 10.5 Å². The summed E-state index contributed by atoms with van der Waals surface area (Å²) >= 11 is 0. The molecule has 0 aliphatic heterocycles. The third-order valence-electron chi connectivity index (χ3n) is 5.11. The summed E-state index contributed by atoms with van der Waals surface area (Å²) in [5.41, 5.74) is -1.90. The number of sulfonamides is 1. The van der Waals surface area contributed by atoms with Crippen molar-refractivity contribution in [2.24, 2.45) is 5.14 Å². The fraction of sp³-hybridized carbons (Fsp3) is 0.0870. The molecule has 35 heavy (non-hydrogen) atoms. The number of aromatic nitrogens is 2. The van der Waals surface area contributed by atoms with Crippen molar-refractivity contribution in [1.29, 1.82) is 0 Å². The molecule has 0 bridgehead atoms. The zero-order valence-electron chi connectivity index (χ0n) is 17.5. The highest BCUT2D eigenvalue weighted by Crippen LogP contribution is 2.39. The van der Waals surface area contributed by atoms with E-state index in [4.69, 9.17) is 5.14 Å². The molecule has 5 nitrogen and oxygen atoms in total. The van der Waals surface area contributed by atoms with Gasteiger partial charge in [0.2, 0.25) is 10.0 Å². The van der Waals surface area contributed by atoms with Crippen LogP contribution in [-0.4, -0.2) is 18.0 Å². The third-order valence-corrected chi connectivity index (χ3v) is 6.02. The average molecular weight is 511 g/mol. The first-order chi connectivity index (χ1) is 16.2. The molecule has 0 saturated heterocycles. The molecule has 0 fully saturated rings. The van der Waals surface area contributed by atoms with Gasteiger partial charge in [-0.05, 0) is 41.5 Å².